The summed E-state index contributed by atoms with van der Waals surface area (Å²) in [5, 5.41) is 0. The molecule has 1 unspecified atom stereocenters. The van der Waals surface area contributed by atoms with Gasteiger partial charge in [0.2, 0.25) is 0 Å². The van der Waals surface area contributed by atoms with E-state index in [2.05, 4.69) is 6.58 Å². The van der Waals surface area contributed by atoms with Crippen molar-refractivity contribution in [2.75, 3.05) is 6.61 Å². The van der Waals surface area contributed by atoms with E-state index in [-0.39, 0.29) is 11.7 Å². The summed E-state index contributed by atoms with van der Waals surface area (Å²) in [6.45, 7) is 5.92. The van der Waals surface area contributed by atoms with E-state index in [1.165, 1.54) is 0 Å². The minimum absolute atomic E-state index is 0.0817. The summed E-state index contributed by atoms with van der Waals surface area (Å²) in [5.41, 5.74) is 0. The number of carbonyl (C=O) groups is 1. The molecule has 0 aromatic rings. The van der Waals surface area contributed by atoms with Gasteiger partial charge >= 0.3 is 0 Å². The average molecular weight is 152 g/mol. The van der Waals surface area contributed by atoms with Crippen molar-refractivity contribution >= 4 is 5.78 Å². The van der Waals surface area contributed by atoms with Crippen LogP contribution in [0.1, 0.15) is 13.3 Å². The molecular weight excluding hydrogens is 140 g/mol. The second kappa shape index (κ2) is 3.37. The number of rotatable bonds is 1. The summed E-state index contributed by atoms with van der Waals surface area (Å²) in [7, 11) is 0. The lowest BCUT2D eigenvalue weighted by molar-refractivity contribution is -0.125. The molecule has 60 valence electrons. The molecule has 1 fully saturated rings. The number of ether oxygens (including phenoxy) is 1. The van der Waals surface area contributed by atoms with Gasteiger partial charge in [0, 0.05) is 6.42 Å². The fourth-order valence-electron chi connectivity index (χ4n) is 1.08. The summed E-state index contributed by atoms with van der Waals surface area (Å²) >= 11 is 0. The highest BCUT2D eigenvalue weighted by molar-refractivity contribution is 5.83. The molecule has 0 N–H and O–H groups in total. The van der Waals surface area contributed by atoms with E-state index >= 15 is 0 Å². The Morgan fingerprint density at radius 1 is 1.73 bits per heavy atom. The maximum absolute atomic E-state index is 11.1. The number of hydrogen-bond donors (Lipinski definition) is 0. The lowest BCUT2D eigenvalue weighted by atomic mass is 9.99. The lowest BCUT2D eigenvalue weighted by Gasteiger charge is -2.21. The highest BCUT2D eigenvalue weighted by atomic mass is 16.5. The number of hydrogen-bond acceptors (Lipinski definition) is 2. The van der Waals surface area contributed by atoms with Crippen molar-refractivity contribution in [3.8, 4) is 0 Å². The lowest BCUT2D eigenvalue weighted by Crippen LogP contribution is -2.23. The van der Waals surface area contributed by atoms with Gasteiger partial charge in [0.1, 0.15) is 11.5 Å². The standard InChI is InChI=1S/C9H12O2/c1-3-4-9-7(2)8(10)5-6-11-9/h3-4,7H,1,5-6H2,2H3/b9-4+. The second-order valence-electron chi connectivity index (χ2n) is 2.59. The van der Waals surface area contributed by atoms with Crippen LogP contribution in [0.25, 0.3) is 0 Å². The molecule has 0 aromatic carbocycles. The van der Waals surface area contributed by atoms with Crippen molar-refractivity contribution in [3.05, 3.63) is 24.5 Å². The van der Waals surface area contributed by atoms with Gasteiger partial charge in [-0.2, -0.15) is 0 Å². The summed E-state index contributed by atoms with van der Waals surface area (Å²) in [5.74, 6) is 0.919. The summed E-state index contributed by atoms with van der Waals surface area (Å²) in [6, 6.07) is 0. The maximum Gasteiger partial charge on any atom is 0.146 e. The first-order valence-electron chi connectivity index (χ1n) is 3.74. The predicted molar refractivity (Wildman–Crippen MR) is 43.0 cm³/mol. The molecular formula is C9H12O2. The quantitative estimate of drug-likeness (QED) is 0.571. The van der Waals surface area contributed by atoms with Crippen LogP contribution in [0.4, 0.5) is 0 Å². The molecule has 0 bridgehead atoms. The van der Waals surface area contributed by atoms with Crippen LogP contribution in [0.5, 0.6) is 0 Å². The molecule has 2 nitrogen and oxygen atoms in total. The van der Waals surface area contributed by atoms with E-state index in [0.29, 0.717) is 13.0 Å². The van der Waals surface area contributed by atoms with Gasteiger partial charge in [-0.1, -0.05) is 12.7 Å². The van der Waals surface area contributed by atoms with Crippen LogP contribution in [0.15, 0.2) is 24.5 Å². The van der Waals surface area contributed by atoms with E-state index in [9.17, 15) is 4.79 Å². The van der Waals surface area contributed by atoms with Crippen LogP contribution in [-0.4, -0.2) is 12.4 Å². The molecule has 1 aliphatic rings. The third-order valence-corrected chi connectivity index (χ3v) is 1.81. The fraction of sp³-hybridized carbons (Fsp3) is 0.444. The van der Waals surface area contributed by atoms with Crippen LogP contribution >= 0.6 is 0 Å². The SMILES string of the molecule is C=C/C=C1/OCCC(=O)C1C. The van der Waals surface area contributed by atoms with Gasteiger partial charge in [-0.3, -0.25) is 4.79 Å². The van der Waals surface area contributed by atoms with Crippen molar-refractivity contribution in [1.29, 1.82) is 0 Å². The zero-order valence-corrected chi connectivity index (χ0v) is 6.67. The Hall–Kier alpha value is -1.05. The molecule has 1 heterocycles. The van der Waals surface area contributed by atoms with Gasteiger partial charge in [0.15, 0.2) is 0 Å². The smallest absolute Gasteiger partial charge is 0.146 e. The largest absolute Gasteiger partial charge is 0.497 e. The van der Waals surface area contributed by atoms with Gasteiger partial charge in [0.05, 0.1) is 12.5 Å². The molecule has 1 saturated heterocycles. The zero-order valence-electron chi connectivity index (χ0n) is 6.67. The molecule has 0 aliphatic carbocycles. The van der Waals surface area contributed by atoms with E-state index in [1.807, 2.05) is 6.92 Å². The minimum atomic E-state index is -0.0817. The summed E-state index contributed by atoms with van der Waals surface area (Å²) in [4.78, 5) is 11.1. The third-order valence-electron chi connectivity index (χ3n) is 1.81. The van der Waals surface area contributed by atoms with Crippen LogP contribution in [0.3, 0.4) is 0 Å². The number of Topliss-reactive ketones (excluding diaryl/α,β-unsaturated/α-hetero) is 1. The summed E-state index contributed by atoms with van der Waals surface area (Å²) in [6.07, 6.45) is 3.93. The molecule has 0 radical (unpaired) electrons. The molecule has 0 spiro atoms. The van der Waals surface area contributed by atoms with Crippen molar-refractivity contribution in [3.63, 3.8) is 0 Å². The Labute approximate surface area is 66.5 Å². The molecule has 1 rings (SSSR count). The number of carbonyl (C=O) groups excluding carboxylic acids is 1. The van der Waals surface area contributed by atoms with Gasteiger partial charge in [-0.15, -0.1) is 0 Å². The highest BCUT2D eigenvalue weighted by Gasteiger charge is 2.22. The Morgan fingerprint density at radius 2 is 2.45 bits per heavy atom. The van der Waals surface area contributed by atoms with Crippen molar-refractivity contribution in [2.24, 2.45) is 5.92 Å². The van der Waals surface area contributed by atoms with Crippen LogP contribution in [0, 0.1) is 5.92 Å². The van der Waals surface area contributed by atoms with Gasteiger partial charge in [-0.05, 0) is 13.0 Å². The zero-order chi connectivity index (χ0) is 8.27. The normalized spacial score (nSPS) is 28.3. The fourth-order valence-corrected chi connectivity index (χ4v) is 1.08. The number of ketones is 1. The second-order valence-corrected chi connectivity index (χ2v) is 2.59. The van der Waals surface area contributed by atoms with E-state index in [4.69, 9.17) is 4.74 Å². The molecule has 1 atom stereocenters. The van der Waals surface area contributed by atoms with Gasteiger partial charge in [-0.25, -0.2) is 0 Å². The van der Waals surface area contributed by atoms with E-state index in [0.717, 1.165) is 5.76 Å². The Kier molecular flexibility index (Phi) is 2.47. The highest BCUT2D eigenvalue weighted by Crippen LogP contribution is 2.20. The van der Waals surface area contributed by atoms with Crippen LogP contribution in [-0.2, 0) is 9.53 Å². The first kappa shape index (κ1) is 8.05. The van der Waals surface area contributed by atoms with E-state index < -0.39 is 0 Å². The Bertz CT molecular complexity index is 204. The van der Waals surface area contributed by atoms with Crippen LogP contribution < -0.4 is 0 Å². The molecule has 11 heavy (non-hydrogen) atoms. The first-order chi connectivity index (χ1) is 5.25. The molecule has 1 aliphatic heterocycles. The minimum Gasteiger partial charge on any atom is -0.497 e. The third kappa shape index (κ3) is 1.70. The first-order valence-corrected chi connectivity index (χ1v) is 3.74. The van der Waals surface area contributed by atoms with Gasteiger partial charge in [0.25, 0.3) is 0 Å². The number of allylic oxidation sites excluding steroid dienone is 3. The molecule has 0 saturated carbocycles. The van der Waals surface area contributed by atoms with Crippen molar-refractivity contribution in [1.82, 2.24) is 0 Å². The summed E-state index contributed by atoms with van der Waals surface area (Å²) < 4.78 is 5.27. The van der Waals surface area contributed by atoms with E-state index in [1.54, 1.807) is 12.2 Å². The van der Waals surface area contributed by atoms with Gasteiger partial charge < -0.3 is 4.74 Å². The Balaban J connectivity index is 2.73. The van der Waals surface area contributed by atoms with Crippen molar-refractivity contribution < 1.29 is 9.53 Å². The maximum atomic E-state index is 11.1. The predicted octanol–water partition coefficient (Wildman–Crippen LogP) is 1.68. The monoisotopic (exact) mass is 152 g/mol. The van der Waals surface area contributed by atoms with Crippen molar-refractivity contribution in [2.45, 2.75) is 13.3 Å². The Morgan fingerprint density at radius 3 is 3.09 bits per heavy atom. The molecule has 2 heteroatoms. The van der Waals surface area contributed by atoms with Crippen LogP contribution in [0.2, 0.25) is 0 Å². The molecule has 0 amide bonds. The topological polar surface area (TPSA) is 26.3 Å². The molecule has 0 aromatic heterocycles. The average Bonchev–Trinajstić information content (AvgIpc) is 1.99.